The summed E-state index contributed by atoms with van der Waals surface area (Å²) in [6.07, 6.45) is 1.75. The SMILES string of the molecule is CNCc1cccnc1Oc1cccc(C(C)C)c1. The second-order valence-electron chi connectivity index (χ2n) is 4.83. The second kappa shape index (κ2) is 6.34. The molecule has 1 N–H and O–H groups in total. The lowest BCUT2D eigenvalue weighted by Gasteiger charge is -2.11. The van der Waals surface area contributed by atoms with Crippen LogP contribution in [0.1, 0.15) is 30.9 Å². The maximum absolute atomic E-state index is 5.90. The molecule has 0 saturated heterocycles. The van der Waals surface area contributed by atoms with Crippen molar-refractivity contribution >= 4 is 0 Å². The highest BCUT2D eigenvalue weighted by molar-refractivity contribution is 5.35. The van der Waals surface area contributed by atoms with Crippen LogP contribution in [-0.2, 0) is 6.54 Å². The zero-order valence-corrected chi connectivity index (χ0v) is 11.7. The number of nitrogens with zero attached hydrogens (tertiary/aromatic N) is 1. The van der Waals surface area contributed by atoms with Gasteiger partial charge in [-0.15, -0.1) is 0 Å². The minimum Gasteiger partial charge on any atom is -0.439 e. The largest absolute Gasteiger partial charge is 0.439 e. The molecule has 0 aliphatic rings. The monoisotopic (exact) mass is 256 g/mol. The average molecular weight is 256 g/mol. The number of rotatable bonds is 5. The van der Waals surface area contributed by atoms with E-state index in [0.29, 0.717) is 11.8 Å². The van der Waals surface area contributed by atoms with Crippen molar-refractivity contribution in [3.05, 3.63) is 53.7 Å². The Balaban J connectivity index is 2.23. The summed E-state index contributed by atoms with van der Waals surface area (Å²) in [6.45, 7) is 5.09. The highest BCUT2D eigenvalue weighted by atomic mass is 16.5. The molecule has 1 aromatic carbocycles. The molecule has 2 rings (SSSR count). The molecule has 0 radical (unpaired) electrons. The lowest BCUT2D eigenvalue weighted by Crippen LogP contribution is -2.07. The van der Waals surface area contributed by atoms with Gasteiger partial charge in [-0.25, -0.2) is 4.98 Å². The first kappa shape index (κ1) is 13.6. The molecule has 1 heterocycles. The Morgan fingerprint density at radius 3 is 2.79 bits per heavy atom. The molecule has 0 spiro atoms. The molecular weight excluding hydrogens is 236 g/mol. The molecule has 0 aliphatic carbocycles. The topological polar surface area (TPSA) is 34.2 Å². The first-order valence-corrected chi connectivity index (χ1v) is 6.57. The molecule has 0 bridgehead atoms. The van der Waals surface area contributed by atoms with Gasteiger partial charge in [-0.1, -0.05) is 32.0 Å². The van der Waals surface area contributed by atoms with Crippen LogP contribution in [0.2, 0.25) is 0 Å². The van der Waals surface area contributed by atoms with Gasteiger partial charge in [0.1, 0.15) is 5.75 Å². The van der Waals surface area contributed by atoms with E-state index in [2.05, 4.69) is 36.3 Å². The maximum Gasteiger partial charge on any atom is 0.223 e. The lowest BCUT2D eigenvalue weighted by atomic mass is 10.0. The minimum atomic E-state index is 0.490. The van der Waals surface area contributed by atoms with E-state index in [1.807, 2.05) is 31.3 Å². The van der Waals surface area contributed by atoms with Crippen LogP contribution in [0.5, 0.6) is 11.6 Å². The summed E-state index contributed by atoms with van der Waals surface area (Å²) in [7, 11) is 1.91. The van der Waals surface area contributed by atoms with Crippen molar-refractivity contribution in [1.82, 2.24) is 10.3 Å². The predicted octanol–water partition coefficient (Wildman–Crippen LogP) is 3.72. The van der Waals surface area contributed by atoms with Gasteiger partial charge in [-0.05, 0) is 36.7 Å². The van der Waals surface area contributed by atoms with E-state index in [1.165, 1.54) is 5.56 Å². The third-order valence-electron chi connectivity index (χ3n) is 2.96. The normalized spacial score (nSPS) is 10.7. The zero-order chi connectivity index (χ0) is 13.7. The molecule has 0 saturated carbocycles. The third kappa shape index (κ3) is 3.55. The van der Waals surface area contributed by atoms with Crippen LogP contribution in [0.15, 0.2) is 42.6 Å². The van der Waals surface area contributed by atoms with Crippen molar-refractivity contribution < 1.29 is 4.74 Å². The van der Waals surface area contributed by atoms with Crippen molar-refractivity contribution in [2.24, 2.45) is 0 Å². The number of benzene rings is 1. The standard InChI is InChI=1S/C16H20N2O/c1-12(2)13-6-4-8-15(10-13)19-16-14(11-17-3)7-5-9-18-16/h4-10,12,17H,11H2,1-3H3. The van der Waals surface area contributed by atoms with Gasteiger partial charge < -0.3 is 10.1 Å². The van der Waals surface area contributed by atoms with E-state index in [9.17, 15) is 0 Å². The van der Waals surface area contributed by atoms with Crippen LogP contribution in [0.4, 0.5) is 0 Å². The fraction of sp³-hybridized carbons (Fsp3) is 0.312. The molecule has 0 aliphatic heterocycles. The number of aromatic nitrogens is 1. The van der Waals surface area contributed by atoms with E-state index in [4.69, 9.17) is 4.74 Å². The Hall–Kier alpha value is -1.87. The number of pyridine rings is 1. The van der Waals surface area contributed by atoms with Crippen molar-refractivity contribution in [3.63, 3.8) is 0 Å². The summed E-state index contributed by atoms with van der Waals surface area (Å²) in [5.74, 6) is 1.99. The minimum absolute atomic E-state index is 0.490. The molecule has 19 heavy (non-hydrogen) atoms. The van der Waals surface area contributed by atoms with Crippen LogP contribution in [0.3, 0.4) is 0 Å². The second-order valence-corrected chi connectivity index (χ2v) is 4.83. The molecule has 2 aromatic rings. The Morgan fingerprint density at radius 2 is 2.05 bits per heavy atom. The summed E-state index contributed by atoms with van der Waals surface area (Å²) in [5.41, 5.74) is 2.32. The summed E-state index contributed by atoms with van der Waals surface area (Å²) in [5, 5.41) is 3.12. The van der Waals surface area contributed by atoms with Crippen LogP contribution >= 0.6 is 0 Å². The summed E-state index contributed by atoms with van der Waals surface area (Å²) < 4.78 is 5.90. The molecule has 1 aromatic heterocycles. The van der Waals surface area contributed by atoms with Gasteiger partial charge in [-0.2, -0.15) is 0 Å². The average Bonchev–Trinajstić information content (AvgIpc) is 2.41. The fourth-order valence-electron chi connectivity index (χ4n) is 1.89. The van der Waals surface area contributed by atoms with Gasteiger partial charge in [0.15, 0.2) is 0 Å². The van der Waals surface area contributed by atoms with E-state index in [-0.39, 0.29) is 0 Å². The number of hydrogen-bond donors (Lipinski definition) is 1. The summed E-state index contributed by atoms with van der Waals surface area (Å²) in [6, 6.07) is 12.1. The van der Waals surface area contributed by atoms with Crippen LogP contribution in [0, 0.1) is 0 Å². The molecule has 3 heteroatoms. The summed E-state index contributed by atoms with van der Waals surface area (Å²) >= 11 is 0. The third-order valence-corrected chi connectivity index (χ3v) is 2.96. The highest BCUT2D eigenvalue weighted by Crippen LogP contribution is 2.26. The maximum atomic E-state index is 5.90. The van der Waals surface area contributed by atoms with Crippen molar-refractivity contribution in [1.29, 1.82) is 0 Å². The quantitative estimate of drug-likeness (QED) is 0.885. The van der Waals surface area contributed by atoms with E-state index < -0.39 is 0 Å². The molecule has 3 nitrogen and oxygen atoms in total. The highest BCUT2D eigenvalue weighted by Gasteiger charge is 2.06. The Bertz CT molecular complexity index is 538. The smallest absolute Gasteiger partial charge is 0.223 e. The summed E-state index contributed by atoms with van der Waals surface area (Å²) in [4.78, 5) is 4.30. The van der Waals surface area contributed by atoms with Gasteiger partial charge in [-0.3, -0.25) is 0 Å². The molecule has 0 amide bonds. The molecule has 0 unspecified atom stereocenters. The lowest BCUT2D eigenvalue weighted by molar-refractivity contribution is 0.453. The Kier molecular flexibility index (Phi) is 4.53. The van der Waals surface area contributed by atoms with E-state index in [1.54, 1.807) is 6.20 Å². The fourth-order valence-corrected chi connectivity index (χ4v) is 1.89. The number of ether oxygens (including phenoxy) is 1. The molecule has 0 fully saturated rings. The molecule has 0 atom stereocenters. The van der Waals surface area contributed by atoms with E-state index >= 15 is 0 Å². The van der Waals surface area contributed by atoms with E-state index in [0.717, 1.165) is 17.9 Å². The van der Waals surface area contributed by atoms with Crippen LogP contribution < -0.4 is 10.1 Å². The first-order valence-electron chi connectivity index (χ1n) is 6.57. The van der Waals surface area contributed by atoms with Gasteiger partial charge in [0.25, 0.3) is 0 Å². The number of nitrogens with one attached hydrogen (secondary N) is 1. The van der Waals surface area contributed by atoms with Crippen molar-refractivity contribution in [2.45, 2.75) is 26.3 Å². The molecular formula is C16H20N2O. The van der Waals surface area contributed by atoms with Crippen molar-refractivity contribution in [3.8, 4) is 11.6 Å². The van der Waals surface area contributed by atoms with Crippen LogP contribution in [-0.4, -0.2) is 12.0 Å². The van der Waals surface area contributed by atoms with Gasteiger partial charge in [0, 0.05) is 18.3 Å². The van der Waals surface area contributed by atoms with Gasteiger partial charge in [0.05, 0.1) is 0 Å². The number of hydrogen-bond acceptors (Lipinski definition) is 3. The zero-order valence-electron chi connectivity index (χ0n) is 11.7. The van der Waals surface area contributed by atoms with Gasteiger partial charge >= 0.3 is 0 Å². The first-order chi connectivity index (χ1) is 9.20. The predicted molar refractivity (Wildman–Crippen MR) is 77.6 cm³/mol. The van der Waals surface area contributed by atoms with Gasteiger partial charge in [0.2, 0.25) is 5.88 Å². The van der Waals surface area contributed by atoms with Crippen LogP contribution in [0.25, 0.3) is 0 Å². The molecule has 100 valence electrons. The Labute approximate surface area is 114 Å². The Morgan fingerprint density at radius 1 is 1.21 bits per heavy atom. The van der Waals surface area contributed by atoms with Crippen molar-refractivity contribution in [2.75, 3.05) is 7.05 Å².